The van der Waals surface area contributed by atoms with E-state index in [4.69, 9.17) is 0 Å². The number of carbonyl (C=O) groups is 1. The first-order valence-corrected chi connectivity index (χ1v) is 8.14. The minimum absolute atomic E-state index is 0.0699. The SMILES string of the molecule is CSc1ccc(C(=O)N(C)Cc2sccc2C)cc1. The summed E-state index contributed by atoms with van der Waals surface area (Å²) in [6.45, 7) is 2.75. The van der Waals surface area contributed by atoms with Crippen molar-refractivity contribution in [3.05, 3.63) is 51.7 Å². The zero-order valence-corrected chi connectivity index (χ0v) is 13.0. The highest BCUT2D eigenvalue weighted by molar-refractivity contribution is 7.98. The van der Waals surface area contributed by atoms with Gasteiger partial charge in [0.1, 0.15) is 0 Å². The molecule has 0 aliphatic heterocycles. The predicted octanol–water partition coefficient (Wildman–Crippen LogP) is 4.05. The maximum atomic E-state index is 12.3. The molecule has 0 aliphatic rings. The van der Waals surface area contributed by atoms with E-state index in [1.54, 1.807) is 28.0 Å². The highest BCUT2D eigenvalue weighted by atomic mass is 32.2. The van der Waals surface area contributed by atoms with Crippen molar-refractivity contribution in [2.75, 3.05) is 13.3 Å². The van der Waals surface area contributed by atoms with E-state index in [1.807, 2.05) is 37.6 Å². The van der Waals surface area contributed by atoms with E-state index in [0.717, 1.165) is 5.56 Å². The highest BCUT2D eigenvalue weighted by Gasteiger charge is 2.13. The second-order valence-corrected chi connectivity index (χ2v) is 6.30. The largest absolute Gasteiger partial charge is 0.337 e. The van der Waals surface area contributed by atoms with E-state index in [1.165, 1.54) is 15.3 Å². The van der Waals surface area contributed by atoms with Crippen molar-refractivity contribution in [3.63, 3.8) is 0 Å². The Hall–Kier alpha value is -1.26. The number of nitrogens with zero attached hydrogens (tertiary/aromatic N) is 1. The number of carbonyl (C=O) groups excluding carboxylic acids is 1. The molecule has 2 rings (SSSR count). The van der Waals surface area contributed by atoms with Crippen LogP contribution in [0.4, 0.5) is 0 Å². The lowest BCUT2D eigenvalue weighted by Gasteiger charge is -2.17. The summed E-state index contributed by atoms with van der Waals surface area (Å²) in [6.07, 6.45) is 2.03. The fraction of sp³-hybridized carbons (Fsp3) is 0.267. The summed E-state index contributed by atoms with van der Waals surface area (Å²) in [6, 6.07) is 9.85. The second kappa shape index (κ2) is 6.26. The molecule has 1 aromatic carbocycles. The lowest BCUT2D eigenvalue weighted by atomic mass is 10.2. The monoisotopic (exact) mass is 291 g/mol. The first-order chi connectivity index (χ1) is 9.11. The molecule has 100 valence electrons. The number of aryl methyl sites for hydroxylation is 1. The van der Waals surface area contributed by atoms with Crippen LogP contribution in [-0.2, 0) is 6.54 Å². The summed E-state index contributed by atoms with van der Waals surface area (Å²) < 4.78 is 0. The molecule has 19 heavy (non-hydrogen) atoms. The Kier molecular flexibility index (Phi) is 4.66. The first-order valence-electron chi connectivity index (χ1n) is 6.04. The van der Waals surface area contributed by atoms with E-state index < -0.39 is 0 Å². The molecular formula is C15H17NOS2. The summed E-state index contributed by atoms with van der Waals surface area (Å²) in [5, 5.41) is 2.07. The van der Waals surface area contributed by atoms with Gasteiger partial charge in [0.15, 0.2) is 0 Å². The molecule has 0 bridgehead atoms. The molecule has 0 fully saturated rings. The van der Waals surface area contributed by atoms with Crippen LogP contribution in [0.15, 0.2) is 40.6 Å². The van der Waals surface area contributed by atoms with Crippen LogP contribution in [0, 0.1) is 6.92 Å². The third-order valence-corrected chi connectivity index (χ3v) is 4.78. The van der Waals surface area contributed by atoms with Crippen LogP contribution >= 0.6 is 23.1 Å². The van der Waals surface area contributed by atoms with E-state index in [-0.39, 0.29) is 5.91 Å². The van der Waals surface area contributed by atoms with Gasteiger partial charge in [0, 0.05) is 22.4 Å². The molecule has 0 aliphatic carbocycles. The van der Waals surface area contributed by atoms with Gasteiger partial charge in [-0.15, -0.1) is 23.1 Å². The highest BCUT2D eigenvalue weighted by Crippen LogP contribution is 2.19. The predicted molar refractivity (Wildman–Crippen MR) is 83.1 cm³/mol. The van der Waals surface area contributed by atoms with Crippen molar-refractivity contribution in [1.82, 2.24) is 4.90 Å². The number of hydrogen-bond acceptors (Lipinski definition) is 3. The first kappa shape index (κ1) is 14.2. The van der Waals surface area contributed by atoms with Crippen molar-refractivity contribution in [1.29, 1.82) is 0 Å². The van der Waals surface area contributed by atoms with Crippen molar-refractivity contribution in [2.45, 2.75) is 18.4 Å². The van der Waals surface area contributed by atoms with Crippen LogP contribution in [-0.4, -0.2) is 24.1 Å². The van der Waals surface area contributed by atoms with Gasteiger partial charge in [0.2, 0.25) is 0 Å². The Labute approximate surface area is 122 Å². The van der Waals surface area contributed by atoms with E-state index in [0.29, 0.717) is 6.54 Å². The van der Waals surface area contributed by atoms with Crippen LogP contribution < -0.4 is 0 Å². The molecule has 4 heteroatoms. The van der Waals surface area contributed by atoms with Gasteiger partial charge in [-0.1, -0.05) is 0 Å². The summed E-state index contributed by atoms with van der Waals surface area (Å²) >= 11 is 3.38. The van der Waals surface area contributed by atoms with Gasteiger partial charge in [-0.25, -0.2) is 0 Å². The molecule has 0 N–H and O–H groups in total. The van der Waals surface area contributed by atoms with E-state index >= 15 is 0 Å². The van der Waals surface area contributed by atoms with Crippen molar-refractivity contribution < 1.29 is 4.79 Å². The Morgan fingerprint density at radius 1 is 1.26 bits per heavy atom. The maximum Gasteiger partial charge on any atom is 0.253 e. The number of thioether (sulfide) groups is 1. The Morgan fingerprint density at radius 3 is 2.47 bits per heavy atom. The van der Waals surface area contributed by atoms with E-state index in [2.05, 4.69) is 18.4 Å². The Bertz CT molecular complexity index is 560. The van der Waals surface area contributed by atoms with Crippen LogP contribution in [0.2, 0.25) is 0 Å². The number of amides is 1. The maximum absolute atomic E-state index is 12.3. The van der Waals surface area contributed by atoms with E-state index in [9.17, 15) is 4.79 Å². The van der Waals surface area contributed by atoms with Gasteiger partial charge in [-0.05, 0) is 54.5 Å². The number of rotatable bonds is 4. The molecule has 0 radical (unpaired) electrons. The normalized spacial score (nSPS) is 10.5. The number of thiophene rings is 1. The summed E-state index contributed by atoms with van der Waals surface area (Å²) in [4.78, 5) is 16.5. The molecular weight excluding hydrogens is 274 g/mol. The molecule has 2 aromatic rings. The molecule has 1 heterocycles. The molecule has 2 nitrogen and oxygen atoms in total. The van der Waals surface area contributed by atoms with Crippen LogP contribution in [0.3, 0.4) is 0 Å². The second-order valence-electron chi connectivity index (χ2n) is 4.42. The molecule has 0 atom stereocenters. The zero-order chi connectivity index (χ0) is 13.8. The minimum Gasteiger partial charge on any atom is -0.337 e. The summed E-state index contributed by atoms with van der Waals surface area (Å²) in [5.74, 6) is 0.0699. The minimum atomic E-state index is 0.0699. The summed E-state index contributed by atoms with van der Waals surface area (Å²) in [7, 11) is 1.85. The fourth-order valence-electron chi connectivity index (χ4n) is 1.81. The molecule has 1 amide bonds. The van der Waals surface area contributed by atoms with Crippen LogP contribution in [0.5, 0.6) is 0 Å². The summed E-state index contributed by atoms with van der Waals surface area (Å²) in [5.41, 5.74) is 2.00. The Balaban J connectivity index is 2.08. The molecule has 0 saturated heterocycles. The van der Waals surface area contributed by atoms with Gasteiger partial charge < -0.3 is 4.90 Å². The van der Waals surface area contributed by atoms with Crippen LogP contribution in [0.1, 0.15) is 20.8 Å². The lowest BCUT2D eigenvalue weighted by Crippen LogP contribution is -2.26. The fourth-order valence-corrected chi connectivity index (χ4v) is 3.17. The van der Waals surface area contributed by atoms with Gasteiger partial charge in [-0.2, -0.15) is 0 Å². The number of benzene rings is 1. The van der Waals surface area contributed by atoms with Gasteiger partial charge in [0.25, 0.3) is 5.91 Å². The third kappa shape index (κ3) is 3.39. The van der Waals surface area contributed by atoms with Crippen molar-refractivity contribution in [3.8, 4) is 0 Å². The quantitative estimate of drug-likeness (QED) is 0.792. The van der Waals surface area contributed by atoms with Crippen molar-refractivity contribution in [2.24, 2.45) is 0 Å². The average Bonchev–Trinajstić information content (AvgIpc) is 2.83. The van der Waals surface area contributed by atoms with Crippen molar-refractivity contribution >= 4 is 29.0 Å². The van der Waals surface area contributed by atoms with Gasteiger partial charge in [-0.3, -0.25) is 4.79 Å². The standard InChI is InChI=1S/C15H17NOS2/c1-11-8-9-19-14(11)10-16(2)15(17)12-4-6-13(18-3)7-5-12/h4-9H,10H2,1-3H3. The topological polar surface area (TPSA) is 20.3 Å². The molecule has 1 aromatic heterocycles. The number of hydrogen-bond donors (Lipinski definition) is 0. The molecule has 0 saturated carbocycles. The third-order valence-electron chi connectivity index (χ3n) is 3.03. The van der Waals surface area contributed by atoms with Crippen LogP contribution in [0.25, 0.3) is 0 Å². The zero-order valence-electron chi connectivity index (χ0n) is 11.3. The lowest BCUT2D eigenvalue weighted by molar-refractivity contribution is 0.0786. The smallest absolute Gasteiger partial charge is 0.253 e. The Morgan fingerprint density at radius 2 is 1.95 bits per heavy atom. The molecule has 0 spiro atoms. The van der Waals surface area contributed by atoms with Gasteiger partial charge in [0.05, 0.1) is 6.54 Å². The average molecular weight is 291 g/mol. The van der Waals surface area contributed by atoms with Gasteiger partial charge >= 0.3 is 0 Å². The molecule has 0 unspecified atom stereocenters.